The lowest BCUT2D eigenvalue weighted by molar-refractivity contribution is -0.124. The quantitative estimate of drug-likeness (QED) is 0.650. The largest absolute Gasteiger partial charge is 0.377 e. The van der Waals surface area contributed by atoms with E-state index in [2.05, 4.69) is 73.0 Å². The van der Waals surface area contributed by atoms with Crippen LogP contribution in [-0.4, -0.2) is 42.3 Å². The second-order valence-corrected chi connectivity index (χ2v) is 7.46. The summed E-state index contributed by atoms with van der Waals surface area (Å²) in [5.74, 6) is -0.0583. The SMILES string of the molecule is CC1=NN(C)C(=O)/C1=C/c1ccc2c(c1)c1cc(C)c(N(C)C)cc1n2C. The summed E-state index contributed by atoms with van der Waals surface area (Å²) in [5.41, 5.74) is 7.29. The van der Waals surface area contributed by atoms with Crippen LogP contribution < -0.4 is 4.90 Å². The topological polar surface area (TPSA) is 40.8 Å². The summed E-state index contributed by atoms with van der Waals surface area (Å²) in [6.07, 6.45) is 1.93. The van der Waals surface area contributed by atoms with Gasteiger partial charge in [-0.3, -0.25) is 4.79 Å². The van der Waals surface area contributed by atoms with Crippen LogP contribution in [0.5, 0.6) is 0 Å². The van der Waals surface area contributed by atoms with Crippen LogP contribution >= 0.6 is 0 Å². The molecule has 0 radical (unpaired) electrons. The molecule has 138 valence electrons. The van der Waals surface area contributed by atoms with E-state index in [0.717, 1.165) is 11.3 Å². The minimum absolute atomic E-state index is 0.0583. The second-order valence-electron chi connectivity index (χ2n) is 7.46. The number of fused-ring (bicyclic) bond motifs is 3. The molecule has 0 fully saturated rings. The number of aryl methyl sites for hydroxylation is 2. The van der Waals surface area contributed by atoms with Gasteiger partial charge in [0, 0.05) is 50.2 Å². The van der Waals surface area contributed by atoms with E-state index in [1.54, 1.807) is 7.05 Å². The molecule has 2 heterocycles. The van der Waals surface area contributed by atoms with Gasteiger partial charge in [0.05, 0.1) is 16.8 Å². The van der Waals surface area contributed by atoms with E-state index in [-0.39, 0.29) is 5.91 Å². The Morgan fingerprint density at radius 3 is 2.33 bits per heavy atom. The van der Waals surface area contributed by atoms with Crippen molar-refractivity contribution in [3.63, 3.8) is 0 Å². The summed E-state index contributed by atoms with van der Waals surface area (Å²) in [7, 11) is 7.93. The molecule has 0 bridgehead atoms. The van der Waals surface area contributed by atoms with Crippen molar-refractivity contribution in [1.82, 2.24) is 9.58 Å². The van der Waals surface area contributed by atoms with Gasteiger partial charge in [0.1, 0.15) is 0 Å². The van der Waals surface area contributed by atoms with E-state index in [9.17, 15) is 4.79 Å². The number of benzene rings is 2. The fourth-order valence-electron chi connectivity index (χ4n) is 3.93. The Hall–Kier alpha value is -3.08. The summed E-state index contributed by atoms with van der Waals surface area (Å²) in [5, 5.41) is 8.05. The first-order chi connectivity index (χ1) is 12.8. The fraction of sp³-hybridized carbons (Fsp3) is 0.273. The van der Waals surface area contributed by atoms with Gasteiger partial charge in [-0.25, -0.2) is 5.01 Å². The number of nitrogens with zero attached hydrogens (tertiary/aromatic N) is 4. The van der Waals surface area contributed by atoms with E-state index >= 15 is 0 Å². The maximum atomic E-state index is 12.3. The molecule has 0 aliphatic carbocycles. The van der Waals surface area contributed by atoms with Gasteiger partial charge in [-0.1, -0.05) is 6.07 Å². The van der Waals surface area contributed by atoms with Crippen LogP contribution in [0.15, 0.2) is 41.0 Å². The lowest BCUT2D eigenvalue weighted by Crippen LogP contribution is -2.16. The van der Waals surface area contributed by atoms with Crippen molar-refractivity contribution < 1.29 is 4.79 Å². The monoisotopic (exact) mass is 360 g/mol. The van der Waals surface area contributed by atoms with Gasteiger partial charge in [0.2, 0.25) is 0 Å². The van der Waals surface area contributed by atoms with Crippen molar-refractivity contribution in [2.24, 2.45) is 12.1 Å². The Kier molecular flexibility index (Phi) is 3.84. The van der Waals surface area contributed by atoms with Gasteiger partial charge < -0.3 is 9.47 Å². The van der Waals surface area contributed by atoms with Crippen LogP contribution in [0.1, 0.15) is 18.1 Å². The van der Waals surface area contributed by atoms with Crippen molar-refractivity contribution in [2.75, 3.05) is 26.0 Å². The first kappa shape index (κ1) is 17.3. The third-order valence-electron chi connectivity index (χ3n) is 5.35. The number of aromatic nitrogens is 1. The second kappa shape index (κ2) is 5.98. The standard InChI is InChI=1S/C22H24N4O/c1-13-9-17-18-11-15(10-16-14(2)23-26(6)22(16)27)7-8-19(18)25(5)21(17)12-20(13)24(3)4/h7-12H,1-6H3/b16-10+. The summed E-state index contributed by atoms with van der Waals surface area (Å²) in [6.45, 7) is 4.02. The zero-order chi connectivity index (χ0) is 19.5. The molecule has 3 aromatic rings. The molecule has 0 N–H and O–H groups in total. The van der Waals surface area contributed by atoms with Crippen LogP contribution in [-0.2, 0) is 11.8 Å². The van der Waals surface area contributed by atoms with Crippen molar-refractivity contribution in [2.45, 2.75) is 13.8 Å². The first-order valence-electron chi connectivity index (χ1n) is 9.03. The normalized spacial score (nSPS) is 16.1. The molecule has 1 aliphatic heterocycles. The zero-order valence-electron chi connectivity index (χ0n) is 16.7. The molecule has 0 saturated heterocycles. The van der Waals surface area contributed by atoms with Crippen molar-refractivity contribution in [1.29, 1.82) is 0 Å². The van der Waals surface area contributed by atoms with Gasteiger partial charge in [-0.2, -0.15) is 5.10 Å². The molecular formula is C22H24N4O. The van der Waals surface area contributed by atoms with Gasteiger partial charge in [0.25, 0.3) is 5.91 Å². The Labute approximate surface area is 159 Å². The molecule has 1 amide bonds. The summed E-state index contributed by atoms with van der Waals surface area (Å²) < 4.78 is 2.23. The van der Waals surface area contributed by atoms with Crippen LogP contribution in [0.3, 0.4) is 0 Å². The van der Waals surface area contributed by atoms with Crippen molar-refractivity contribution >= 4 is 45.2 Å². The summed E-state index contributed by atoms with van der Waals surface area (Å²) >= 11 is 0. The van der Waals surface area contributed by atoms with Gasteiger partial charge in [0.15, 0.2) is 0 Å². The smallest absolute Gasteiger partial charge is 0.275 e. The third kappa shape index (κ3) is 2.62. The number of likely N-dealkylation sites (N-methyl/N-ethyl adjacent to an activating group) is 1. The maximum Gasteiger partial charge on any atom is 0.275 e. The van der Waals surface area contributed by atoms with Crippen LogP contribution in [0, 0.1) is 6.92 Å². The van der Waals surface area contributed by atoms with Gasteiger partial charge >= 0.3 is 0 Å². The molecule has 2 aromatic carbocycles. The minimum atomic E-state index is -0.0583. The summed E-state index contributed by atoms with van der Waals surface area (Å²) in [4.78, 5) is 14.4. The molecule has 0 spiro atoms. The van der Waals surface area contributed by atoms with Gasteiger partial charge in [-0.15, -0.1) is 0 Å². The molecule has 0 saturated carbocycles. The maximum absolute atomic E-state index is 12.3. The molecule has 5 nitrogen and oxygen atoms in total. The van der Waals surface area contributed by atoms with E-state index < -0.39 is 0 Å². The molecule has 4 rings (SSSR count). The van der Waals surface area contributed by atoms with Crippen molar-refractivity contribution in [3.8, 4) is 0 Å². The Morgan fingerprint density at radius 1 is 1.00 bits per heavy atom. The minimum Gasteiger partial charge on any atom is -0.377 e. The Morgan fingerprint density at radius 2 is 1.70 bits per heavy atom. The van der Waals surface area contributed by atoms with E-state index in [1.165, 1.54) is 38.1 Å². The fourth-order valence-corrected chi connectivity index (χ4v) is 3.93. The van der Waals surface area contributed by atoms with Crippen LogP contribution in [0.25, 0.3) is 27.9 Å². The molecule has 27 heavy (non-hydrogen) atoms. The number of anilines is 1. The highest BCUT2D eigenvalue weighted by molar-refractivity contribution is 6.26. The molecule has 1 aliphatic rings. The molecular weight excluding hydrogens is 336 g/mol. The highest BCUT2D eigenvalue weighted by Crippen LogP contribution is 2.34. The molecule has 1 aromatic heterocycles. The number of hydrazone groups is 1. The third-order valence-corrected chi connectivity index (χ3v) is 5.35. The Balaban J connectivity index is 1.93. The number of rotatable bonds is 2. The molecule has 0 unspecified atom stereocenters. The number of carbonyl (C=O) groups excluding carboxylic acids is 1. The van der Waals surface area contributed by atoms with Crippen LogP contribution in [0.2, 0.25) is 0 Å². The average molecular weight is 360 g/mol. The average Bonchev–Trinajstić information content (AvgIpc) is 3.02. The summed E-state index contributed by atoms with van der Waals surface area (Å²) in [6, 6.07) is 10.9. The first-order valence-corrected chi connectivity index (χ1v) is 9.03. The lowest BCUT2D eigenvalue weighted by Gasteiger charge is -2.16. The van der Waals surface area contributed by atoms with E-state index in [0.29, 0.717) is 5.57 Å². The Bertz CT molecular complexity index is 1160. The van der Waals surface area contributed by atoms with Gasteiger partial charge in [-0.05, 0) is 55.3 Å². The predicted molar refractivity (Wildman–Crippen MR) is 113 cm³/mol. The number of amides is 1. The lowest BCUT2D eigenvalue weighted by atomic mass is 10.0. The van der Waals surface area contributed by atoms with Crippen LogP contribution in [0.4, 0.5) is 5.69 Å². The van der Waals surface area contributed by atoms with E-state index in [4.69, 9.17) is 0 Å². The van der Waals surface area contributed by atoms with E-state index in [1.807, 2.05) is 13.0 Å². The molecule has 0 atom stereocenters. The number of hydrogen-bond acceptors (Lipinski definition) is 3. The predicted octanol–water partition coefficient (Wildman–Crippen LogP) is 3.94. The highest BCUT2D eigenvalue weighted by atomic mass is 16.2. The zero-order valence-corrected chi connectivity index (χ0v) is 16.7. The number of hydrogen-bond donors (Lipinski definition) is 0. The highest BCUT2D eigenvalue weighted by Gasteiger charge is 2.24. The number of carbonyl (C=O) groups is 1. The molecule has 5 heteroatoms. The van der Waals surface area contributed by atoms with Crippen molar-refractivity contribution in [3.05, 3.63) is 47.0 Å².